The maximum atomic E-state index is 9.96. The van der Waals surface area contributed by atoms with Crippen LogP contribution in [-0.4, -0.2) is 19.0 Å². The van der Waals surface area contributed by atoms with Gasteiger partial charge in [0.25, 0.3) is 0 Å². The topological polar surface area (TPSA) is 31.2 Å². The van der Waals surface area contributed by atoms with E-state index in [9.17, 15) is 4.79 Å². The zero-order chi connectivity index (χ0) is 5.82. The van der Waals surface area contributed by atoms with Crippen molar-refractivity contribution in [3.05, 3.63) is 5.57 Å². The van der Waals surface area contributed by atoms with Crippen LogP contribution >= 0.6 is 0 Å². The maximum absolute atomic E-state index is 9.96. The molecule has 0 N–H and O–H groups in total. The predicted molar refractivity (Wildman–Crippen MR) is 30.3 cm³/mol. The fraction of sp³-hybridized carbons (Fsp3) is 0.667. The van der Waals surface area contributed by atoms with Gasteiger partial charge < -0.3 is 0 Å². The molecule has 0 spiro atoms. The van der Waals surface area contributed by atoms with E-state index in [0.717, 1.165) is 31.5 Å². The van der Waals surface area contributed by atoms with Crippen molar-refractivity contribution in [2.24, 2.45) is 0 Å². The van der Waals surface area contributed by atoms with Gasteiger partial charge in [-0.05, 0) is 12.8 Å². The lowest BCUT2D eigenvalue weighted by atomic mass is 10.1. The molecule has 1 heterocycles. The molecule has 1 aliphatic rings. The minimum Gasteiger partial charge on any atom is -0.241 e. The Balaban J connectivity index is 2.45. The molecule has 1 saturated heterocycles. The number of hydrogen-bond acceptors (Lipinski definition) is 1. The Morgan fingerprint density at radius 2 is 2.00 bits per heavy atom. The molecule has 1 fully saturated rings. The molecule has 0 bridgehead atoms. The molecule has 2 heteroatoms. The van der Waals surface area contributed by atoms with Crippen molar-refractivity contribution in [3.8, 4) is 0 Å². The predicted octanol–water partition coefficient (Wildman–Crippen LogP) is 0.143. The molecule has 0 aromatic rings. The number of carbonyl (C=O) groups excluding carboxylic acids is 1. The van der Waals surface area contributed by atoms with Crippen LogP contribution in [0.15, 0.2) is 5.57 Å². The van der Waals surface area contributed by atoms with Gasteiger partial charge in [-0.1, -0.05) is 0 Å². The average molecular weight is 110 g/mol. The van der Waals surface area contributed by atoms with Crippen LogP contribution in [0, 0.1) is 0 Å². The third-order valence-corrected chi connectivity index (χ3v) is 1.29. The molecule has 0 amide bonds. The monoisotopic (exact) mass is 110 g/mol. The second-order valence-electron chi connectivity index (χ2n) is 1.88. The summed E-state index contributed by atoms with van der Waals surface area (Å²) in [4.78, 5) is 9.96. The Morgan fingerprint density at radius 1 is 1.38 bits per heavy atom. The molecule has 1 radical (unpaired) electrons. The summed E-state index contributed by atoms with van der Waals surface area (Å²) in [7, 11) is 0. The Hall–Kier alpha value is -0.590. The van der Waals surface area contributed by atoms with Crippen LogP contribution in [0.2, 0.25) is 0 Å². The van der Waals surface area contributed by atoms with Crippen LogP contribution < -0.4 is 5.32 Å². The van der Waals surface area contributed by atoms with E-state index in [1.54, 1.807) is 0 Å². The molecule has 0 unspecified atom stereocenters. The van der Waals surface area contributed by atoms with Gasteiger partial charge in [0.2, 0.25) is 0 Å². The number of piperidine rings is 1. The van der Waals surface area contributed by atoms with Gasteiger partial charge >= 0.3 is 0 Å². The summed E-state index contributed by atoms with van der Waals surface area (Å²) in [5, 5.41) is 4.08. The minimum atomic E-state index is 0.824. The van der Waals surface area contributed by atoms with E-state index < -0.39 is 0 Å². The van der Waals surface area contributed by atoms with Gasteiger partial charge in [-0.15, -0.1) is 0 Å². The highest BCUT2D eigenvalue weighted by Gasteiger charge is 2.04. The molecule has 8 heavy (non-hydrogen) atoms. The van der Waals surface area contributed by atoms with Gasteiger partial charge in [-0.3, -0.25) is 0 Å². The highest BCUT2D eigenvalue weighted by atomic mass is 16.1. The first kappa shape index (κ1) is 5.54. The van der Waals surface area contributed by atoms with Crippen molar-refractivity contribution in [1.82, 2.24) is 5.32 Å². The number of nitrogens with zero attached hydrogens (tertiary/aromatic N) is 1. The first-order valence-corrected chi connectivity index (χ1v) is 2.79. The molecule has 1 aliphatic heterocycles. The van der Waals surface area contributed by atoms with Crippen LogP contribution in [0.1, 0.15) is 12.8 Å². The molecular formula is C6H8NO. The summed E-state index contributed by atoms with van der Waals surface area (Å²) in [5.41, 5.74) is 0.903. The molecule has 0 aliphatic carbocycles. The lowest BCUT2D eigenvalue weighted by Gasteiger charge is -2.08. The summed E-state index contributed by atoms with van der Waals surface area (Å²) >= 11 is 0. The number of rotatable bonds is 0. The molecule has 2 nitrogen and oxygen atoms in total. The van der Waals surface area contributed by atoms with Gasteiger partial charge in [0.05, 0.1) is 0 Å². The van der Waals surface area contributed by atoms with E-state index in [-0.39, 0.29) is 0 Å². The lowest BCUT2D eigenvalue weighted by molar-refractivity contribution is 0.553. The summed E-state index contributed by atoms with van der Waals surface area (Å²) in [6.07, 6.45) is 1.67. The van der Waals surface area contributed by atoms with Crippen LogP contribution in [0.5, 0.6) is 0 Å². The van der Waals surface area contributed by atoms with E-state index in [0.29, 0.717) is 0 Å². The zero-order valence-corrected chi connectivity index (χ0v) is 4.68. The minimum absolute atomic E-state index is 0.824. The molecule has 0 aromatic carbocycles. The summed E-state index contributed by atoms with van der Waals surface area (Å²) < 4.78 is 0. The van der Waals surface area contributed by atoms with Crippen molar-refractivity contribution >= 4 is 5.94 Å². The van der Waals surface area contributed by atoms with Crippen LogP contribution in [0.3, 0.4) is 0 Å². The Morgan fingerprint density at radius 3 is 2.38 bits per heavy atom. The normalized spacial score (nSPS) is 20.2. The molecule has 1 rings (SSSR count). The Labute approximate surface area is 48.6 Å². The lowest BCUT2D eigenvalue weighted by Crippen LogP contribution is -2.16. The molecule has 0 atom stereocenters. The Kier molecular flexibility index (Phi) is 1.84. The zero-order valence-electron chi connectivity index (χ0n) is 4.68. The van der Waals surface area contributed by atoms with E-state index in [2.05, 4.69) is 5.32 Å². The standard InChI is InChI=1S/C6H8NO/c8-5-6-1-3-7-4-2-6/h1-4H2. The third-order valence-electron chi connectivity index (χ3n) is 1.29. The largest absolute Gasteiger partial charge is 0.241 e. The van der Waals surface area contributed by atoms with Crippen LogP contribution in [-0.2, 0) is 4.79 Å². The summed E-state index contributed by atoms with van der Waals surface area (Å²) in [6, 6.07) is 0. The smallest absolute Gasteiger partial charge is 0.123 e. The molecule has 0 saturated carbocycles. The summed E-state index contributed by atoms with van der Waals surface area (Å²) in [6.45, 7) is 1.65. The van der Waals surface area contributed by atoms with Crippen molar-refractivity contribution in [3.63, 3.8) is 0 Å². The van der Waals surface area contributed by atoms with Gasteiger partial charge in [-0.25, -0.2) is 10.1 Å². The van der Waals surface area contributed by atoms with Gasteiger partial charge in [0.1, 0.15) is 5.94 Å². The van der Waals surface area contributed by atoms with Gasteiger partial charge in [0, 0.05) is 18.7 Å². The van der Waals surface area contributed by atoms with Crippen molar-refractivity contribution in [2.75, 3.05) is 13.1 Å². The first-order chi connectivity index (χ1) is 3.93. The maximum Gasteiger partial charge on any atom is 0.123 e. The second kappa shape index (κ2) is 2.65. The van der Waals surface area contributed by atoms with E-state index in [1.165, 1.54) is 0 Å². The van der Waals surface area contributed by atoms with E-state index in [4.69, 9.17) is 0 Å². The summed E-state index contributed by atoms with van der Waals surface area (Å²) in [5.74, 6) is 1.91. The third kappa shape index (κ3) is 1.19. The first-order valence-electron chi connectivity index (χ1n) is 2.79. The molecular weight excluding hydrogens is 102 g/mol. The van der Waals surface area contributed by atoms with Gasteiger partial charge in [-0.2, -0.15) is 0 Å². The van der Waals surface area contributed by atoms with Crippen LogP contribution in [0.4, 0.5) is 0 Å². The average Bonchev–Trinajstić information content (AvgIpc) is 1.90. The second-order valence-corrected chi connectivity index (χ2v) is 1.88. The highest BCUT2D eigenvalue weighted by Crippen LogP contribution is 2.05. The number of hydrogen-bond donors (Lipinski definition) is 0. The van der Waals surface area contributed by atoms with Crippen molar-refractivity contribution in [1.29, 1.82) is 0 Å². The Bertz CT molecular complexity index is 116. The fourth-order valence-corrected chi connectivity index (χ4v) is 0.767. The highest BCUT2D eigenvalue weighted by molar-refractivity contribution is 5.52. The fourth-order valence-electron chi connectivity index (χ4n) is 0.767. The SMILES string of the molecule is O=C=C1CC[N]CC1. The molecule has 0 aromatic heterocycles. The van der Waals surface area contributed by atoms with Gasteiger partial charge in [0.15, 0.2) is 0 Å². The van der Waals surface area contributed by atoms with Crippen molar-refractivity contribution < 1.29 is 4.79 Å². The molecule has 43 valence electrons. The van der Waals surface area contributed by atoms with E-state index in [1.807, 2.05) is 5.94 Å². The van der Waals surface area contributed by atoms with E-state index >= 15 is 0 Å². The van der Waals surface area contributed by atoms with Crippen LogP contribution in [0.25, 0.3) is 0 Å². The quantitative estimate of drug-likeness (QED) is 0.408. The van der Waals surface area contributed by atoms with Crippen molar-refractivity contribution in [2.45, 2.75) is 12.8 Å².